The van der Waals surface area contributed by atoms with E-state index in [1.807, 2.05) is 0 Å². The molecular weight excluding hydrogens is 192 g/mol. The normalized spacial score (nSPS) is 22.1. The molecule has 0 aliphatic heterocycles. The Bertz CT molecular complexity index is 172. The molecule has 1 heteroatoms. The third-order valence-corrected chi connectivity index (χ3v) is 3.34. The first-order valence-electron chi connectivity index (χ1n) is 6.16. The molecule has 14 heavy (non-hydrogen) atoms. The van der Waals surface area contributed by atoms with E-state index in [2.05, 4.69) is 13.0 Å². The van der Waals surface area contributed by atoms with Gasteiger partial charge in [-0.3, -0.25) is 0 Å². The lowest BCUT2D eigenvalue weighted by atomic mass is 9.95. The van der Waals surface area contributed by atoms with Crippen LogP contribution in [0.4, 0.5) is 0 Å². The minimum atomic E-state index is 0.328. The second kappa shape index (κ2) is 7.34. The van der Waals surface area contributed by atoms with Crippen molar-refractivity contribution in [2.75, 3.05) is 0 Å². The number of rotatable bonds is 6. The van der Waals surface area contributed by atoms with Crippen molar-refractivity contribution in [3.8, 4) is 0 Å². The first-order valence-corrected chi connectivity index (χ1v) is 6.60. The first-order chi connectivity index (χ1) is 6.83. The zero-order valence-electron chi connectivity index (χ0n) is 9.40. The Labute approximate surface area is 93.7 Å². The van der Waals surface area contributed by atoms with Gasteiger partial charge in [0.1, 0.15) is 0 Å². The predicted octanol–water partition coefficient (Wildman–Crippen LogP) is 5.06. The van der Waals surface area contributed by atoms with Crippen molar-refractivity contribution >= 4 is 11.6 Å². The van der Waals surface area contributed by atoms with E-state index in [9.17, 15) is 0 Å². The van der Waals surface area contributed by atoms with Crippen molar-refractivity contribution in [1.82, 2.24) is 0 Å². The molecule has 0 fully saturated rings. The van der Waals surface area contributed by atoms with E-state index in [0.717, 1.165) is 0 Å². The van der Waals surface area contributed by atoms with Crippen molar-refractivity contribution in [3.05, 3.63) is 11.6 Å². The number of halogens is 1. The van der Waals surface area contributed by atoms with Gasteiger partial charge in [-0.2, -0.15) is 0 Å². The monoisotopic (exact) mass is 214 g/mol. The van der Waals surface area contributed by atoms with E-state index in [1.165, 1.54) is 57.8 Å². The Morgan fingerprint density at radius 1 is 1.29 bits per heavy atom. The van der Waals surface area contributed by atoms with Gasteiger partial charge in [-0.05, 0) is 32.1 Å². The molecule has 1 aliphatic carbocycles. The van der Waals surface area contributed by atoms with Crippen LogP contribution in [0.5, 0.6) is 0 Å². The van der Waals surface area contributed by atoms with Crippen LogP contribution in [0.25, 0.3) is 0 Å². The second-order valence-electron chi connectivity index (χ2n) is 4.40. The summed E-state index contributed by atoms with van der Waals surface area (Å²) in [6, 6.07) is 0. The van der Waals surface area contributed by atoms with Crippen molar-refractivity contribution in [2.45, 2.75) is 70.1 Å². The number of unbranched alkanes of at least 4 members (excludes halogenated alkanes) is 4. The Balaban J connectivity index is 2.05. The van der Waals surface area contributed by atoms with Crippen molar-refractivity contribution in [2.24, 2.45) is 0 Å². The zero-order chi connectivity index (χ0) is 10.2. The van der Waals surface area contributed by atoms with Crippen LogP contribution in [0.15, 0.2) is 11.6 Å². The highest BCUT2D eigenvalue weighted by atomic mass is 35.5. The van der Waals surface area contributed by atoms with Crippen molar-refractivity contribution < 1.29 is 0 Å². The summed E-state index contributed by atoms with van der Waals surface area (Å²) in [4.78, 5) is 0. The highest BCUT2D eigenvalue weighted by Gasteiger charge is 2.10. The van der Waals surface area contributed by atoms with E-state index in [0.29, 0.717) is 5.38 Å². The van der Waals surface area contributed by atoms with Crippen molar-refractivity contribution in [3.63, 3.8) is 0 Å². The smallest absolute Gasteiger partial charge is 0.0518 e. The van der Waals surface area contributed by atoms with Gasteiger partial charge < -0.3 is 0 Å². The SMILES string of the molecule is CCCCCCCC1=CC(Cl)CCC1. The number of hydrogen-bond acceptors (Lipinski definition) is 0. The van der Waals surface area contributed by atoms with Crippen LogP contribution in [0, 0.1) is 0 Å². The molecule has 0 aromatic heterocycles. The molecule has 0 heterocycles. The Hall–Kier alpha value is 0.0300. The van der Waals surface area contributed by atoms with Gasteiger partial charge in [-0.25, -0.2) is 0 Å². The lowest BCUT2D eigenvalue weighted by molar-refractivity contribution is 0.606. The molecule has 1 atom stereocenters. The molecule has 1 unspecified atom stereocenters. The van der Waals surface area contributed by atoms with Crippen LogP contribution in [0.3, 0.4) is 0 Å². The highest BCUT2D eigenvalue weighted by Crippen LogP contribution is 2.25. The molecule has 0 nitrogen and oxygen atoms in total. The minimum absolute atomic E-state index is 0.328. The molecule has 0 aromatic rings. The maximum absolute atomic E-state index is 6.10. The van der Waals surface area contributed by atoms with E-state index in [1.54, 1.807) is 5.57 Å². The fourth-order valence-corrected chi connectivity index (χ4v) is 2.44. The van der Waals surface area contributed by atoms with Crippen LogP contribution >= 0.6 is 11.6 Å². The topological polar surface area (TPSA) is 0 Å². The maximum Gasteiger partial charge on any atom is 0.0518 e. The van der Waals surface area contributed by atoms with Crippen molar-refractivity contribution in [1.29, 1.82) is 0 Å². The fourth-order valence-electron chi connectivity index (χ4n) is 2.11. The van der Waals surface area contributed by atoms with Gasteiger partial charge in [0.2, 0.25) is 0 Å². The van der Waals surface area contributed by atoms with Crippen LogP contribution in [0.1, 0.15) is 64.7 Å². The fraction of sp³-hybridized carbons (Fsp3) is 0.846. The van der Waals surface area contributed by atoms with Crippen LogP contribution in [-0.2, 0) is 0 Å². The number of alkyl halides is 1. The Kier molecular flexibility index (Phi) is 6.34. The molecule has 1 aliphatic rings. The van der Waals surface area contributed by atoms with E-state index in [4.69, 9.17) is 11.6 Å². The van der Waals surface area contributed by atoms with E-state index in [-0.39, 0.29) is 0 Å². The number of hydrogen-bond donors (Lipinski definition) is 0. The molecular formula is C13H23Cl. The van der Waals surface area contributed by atoms with Gasteiger partial charge in [-0.1, -0.05) is 44.3 Å². The zero-order valence-corrected chi connectivity index (χ0v) is 10.2. The summed E-state index contributed by atoms with van der Waals surface area (Å²) < 4.78 is 0. The highest BCUT2D eigenvalue weighted by molar-refractivity contribution is 6.21. The third-order valence-electron chi connectivity index (χ3n) is 3.00. The maximum atomic E-state index is 6.10. The Morgan fingerprint density at radius 3 is 2.79 bits per heavy atom. The van der Waals surface area contributed by atoms with Gasteiger partial charge >= 0.3 is 0 Å². The van der Waals surface area contributed by atoms with Crippen LogP contribution < -0.4 is 0 Å². The third kappa shape index (κ3) is 5.05. The summed E-state index contributed by atoms with van der Waals surface area (Å²) in [5, 5.41) is 0.328. The summed E-state index contributed by atoms with van der Waals surface area (Å²) in [6.07, 6.45) is 14.3. The average molecular weight is 215 g/mol. The molecule has 82 valence electrons. The second-order valence-corrected chi connectivity index (χ2v) is 4.96. The number of allylic oxidation sites excluding steroid dienone is 2. The lowest BCUT2D eigenvalue weighted by Crippen LogP contribution is -2.03. The van der Waals surface area contributed by atoms with Gasteiger partial charge in [0.25, 0.3) is 0 Å². The largest absolute Gasteiger partial charge is 0.118 e. The molecule has 0 radical (unpaired) electrons. The molecule has 0 saturated carbocycles. The van der Waals surface area contributed by atoms with Crippen LogP contribution in [0.2, 0.25) is 0 Å². The van der Waals surface area contributed by atoms with E-state index < -0.39 is 0 Å². The molecule has 0 bridgehead atoms. The summed E-state index contributed by atoms with van der Waals surface area (Å²) >= 11 is 6.10. The average Bonchev–Trinajstić information content (AvgIpc) is 2.18. The van der Waals surface area contributed by atoms with Crippen LogP contribution in [-0.4, -0.2) is 5.38 Å². The molecule has 0 N–H and O–H groups in total. The Morgan fingerprint density at radius 2 is 2.07 bits per heavy atom. The lowest BCUT2D eigenvalue weighted by Gasteiger charge is -2.16. The molecule has 0 spiro atoms. The summed E-state index contributed by atoms with van der Waals surface area (Å²) in [7, 11) is 0. The van der Waals surface area contributed by atoms with Gasteiger partial charge in [0.15, 0.2) is 0 Å². The summed E-state index contributed by atoms with van der Waals surface area (Å²) in [5.41, 5.74) is 1.62. The van der Waals surface area contributed by atoms with Gasteiger partial charge in [-0.15, -0.1) is 11.6 Å². The molecule has 0 aromatic carbocycles. The molecule has 0 amide bonds. The molecule has 0 saturated heterocycles. The molecule has 1 rings (SSSR count). The van der Waals surface area contributed by atoms with E-state index >= 15 is 0 Å². The predicted molar refractivity (Wildman–Crippen MR) is 65.0 cm³/mol. The summed E-state index contributed by atoms with van der Waals surface area (Å²) in [6.45, 7) is 2.27. The van der Waals surface area contributed by atoms with Gasteiger partial charge in [0, 0.05) is 0 Å². The summed E-state index contributed by atoms with van der Waals surface area (Å²) in [5.74, 6) is 0. The van der Waals surface area contributed by atoms with Gasteiger partial charge in [0.05, 0.1) is 5.38 Å². The first kappa shape index (κ1) is 12.1. The standard InChI is InChI=1S/C13H23Cl/c1-2-3-4-5-6-8-12-9-7-10-13(14)11-12/h11,13H,2-10H2,1H3. The minimum Gasteiger partial charge on any atom is -0.118 e. The quantitative estimate of drug-likeness (QED) is 0.329.